The Morgan fingerprint density at radius 1 is 1.21 bits per heavy atom. The molecule has 3 N–H and O–H groups in total. The molecule has 1 aromatic heterocycles. The van der Waals surface area contributed by atoms with E-state index in [0.717, 1.165) is 6.42 Å². The van der Waals surface area contributed by atoms with Crippen LogP contribution in [-0.4, -0.2) is 16.1 Å². The van der Waals surface area contributed by atoms with Crippen LogP contribution in [0.5, 0.6) is 0 Å². The Balaban J connectivity index is 2.06. The summed E-state index contributed by atoms with van der Waals surface area (Å²) in [5, 5.41) is 20.5. The van der Waals surface area contributed by atoms with Gasteiger partial charge in [0.2, 0.25) is 6.29 Å². The summed E-state index contributed by atoms with van der Waals surface area (Å²) in [5.74, 6) is -0.467. The zero-order chi connectivity index (χ0) is 13.8. The molecule has 2 aromatic rings. The van der Waals surface area contributed by atoms with Crippen molar-refractivity contribution in [1.82, 2.24) is 0 Å². The van der Waals surface area contributed by atoms with Gasteiger partial charge in [0.1, 0.15) is 0 Å². The monoisotopic (exact) mass is 261 g/mol. The molecule has 0 bridgehead atoms. The Kier molecular flexibility index (Phi) is 3.99. The standard InChI is InChI=1S/C14H15NO4/c1-2-9-3-5-10(6-4-9)15-13(16)11-7-8-12(19-11)14(17)18/h3-8,14,17-18H,2H2,1H3,(H,15,16). The quantitative estimate of drug-likeness (QED) is 0.736. The average Bonchev–Trinajstić information content (AvgIpc) is 2.89. The average molecular weight is 261 g/mol. The first-order valence-electron chi connectivity index (χ1n) is 5.96. The zero-order valence-electron chi connectivity index (χ0n) is 10.5. The second kappa shape index (κ2) is 5.69. The molecule has 0 atom stereocenters. The minimum Gasteiger partial charge on any atom is -0.451 e. The van der Waals surface area contributed by atoms with E-state index in [2.05, 4.69) is 12.2 Å². The van der Waals surface area contributed by atoms with E-state index in [9.17, 15) is 4.79 Å². The van der Waals surface area contributed by atoms with Crippen LogP contribution in [0.4, 0.5) is 5.69 Å². The molecule has 19 heavy (non-hydrogen) atoms. The highest BCUT2D eigenvalue weighted by atomic mass is 16.5. The van der Waals surface area contributed by atoms with Gasteiger partial charge in [-0.1, -0.05) is 19.1 Å². The highest BCUT2D eigenvalue weighted by molar-refractivity contribution is 6.02. The van der Waals surface area contributed by atoms with Gasteiger partial charge in [-0.25, -0.2) is 0 Å². The summed E-state index contributed by atoms with van der Waals surface area (Å²) in [6.07, 6.45) is -0.783. The first-order chi connectivity index (χ1) is 9.10. The molecule has 0 fully saturated rings. The summed E-state index contributed by atoms with van der Waals surface area (Å²) < 4.78 is 5.01. The normalized spacial score (nSPS) is 10.7. The van der Waals surface area contributed by atoms with Gasteiger partial charge in [0.25, 0.3) is 5.91 Å². The van der Waals surface area contributed by atoms with Gasteiger partial charge in [0.05, 0.1) is 0 Å². The molecule has 1 heterocycles. The lowest BCUT2D eigenvalue weighted by Crippen LogP contribution is -2.10. The first kappa shape index (κ1) is 13.3. The van der Waals surface area contributed by atoms with Gasteiger partial charge >= 0.3 is 0 Å². The maximum Gasteiger partial charge on any atom is 0.291 e. The number of nitrogens with one attached hydrogen (secondary N) is 1. The molecular weight excluding hydrogens is 246 g/mol. The van der Waals surface area contributed by atoms with Crippen LogP contribution in [-0.2, 0) is 6.42 Å². The molecule has 1 amide bonds. The second-order valence-corrected chi connectivity index (χ2v) is 4.08. The molecule has 2 rings (SSSR count). The fourth-order valence-electron chi connectivity index (χ4n) is 1.63. The highest BCUT2D eigenvalue weighted by Gasteiger charge is 2.14. The van der Waals surface area contributed by atoms with Crippen LogP contribution in [0.15, 0.2) is 40.8 Å². The molecule has 1 aromatic carbocycles. The SMILES string of the molecule is CCc1ccc(NC(=O)c2ccc(C(O)O)o2)cc1. The number of anilines is 1. The third-order valence-electron chi connectivity index (χ3n) is 2.73. The summed E-state index contributed by atoms with van der Waals surface area (Å²) in [6, 6.07) is 10.2. The molecule has 0 radical (unpaired) electrons. The predicted molar refractivity (Wildman–Crippen MR) is 69.7 cm³/mol. The van der Waals surface area contributed by atoms with Crippen molar-refractivity contribution in [2.45, 2.75) is 19.6 Å². The number of carbonyl (C=O) groups excluding carboxylic acids is 1. The van der Waals surface area contributed by atoms with Crippen LogP contribution >= 0.6 is 0 Å². The lowest BCUT2D eigenvalue weighted by molar-refractivity contribution is -0.0583. The number of benzene rings is 1. The first-order valence-corrected chi connectivity index (χ1v) is 5.96. The van der Waals surface area contributed by atoms with E-state index in [4.69, 9.17) is 14.6 Å². The van der Waals surface area contributed by atoms with Gasteiger partial charge < -0.3 is 19.9 Å². The summed E-state index contributed by atoms with van der Waals surface area (Å²) >= 11 is 0. The number of aryl methyl sites for hydroxylation is 1. The molecule has 0 saturated carbocycles. The Morgan fingerprint density at radius 2 is 1.89 bits per heavy atom. The lowest BCUT2D eigenvalue weighted by Gasteiger charge is -2.04. The van der Waals surface area contributed by atoms with Crippen molar-refractivity contribution < 1.29 is 19.4 Å². The van der Waals surface area contributed by atoms with Crippen molar-refractivity contribution in [1.29, 1.82) is 0 Å². The van der Waals surface area contributed by atoms with Crippen molar-refractivity contribution in [2.75, 3.05) is 5.32 Å². The molecule has 0 aliphatic carbocycles. The van der Waals surface area contributed by atoms with Gasteiger partial charge in [-0.3, -0.25) is 4.79 Å². The number of aliphatic hydroxyl groups is 2. The molecule has 5 heteroatoms. The van der Waals surface area contributed by atoms with Crippen molar-refractivity contribution in [3.05, 3.63) is 53.5 Å². The Hall–Kier alpha value is -2.11. The number of rotatable bonds is 4. The fourth-order valence-corrected chi connectivity index (χ4v) is 1.63. The molecule has 100 valence electrons. The van der Waals surface area contributed by atoms with Crippen molar-refractivity contribution in [3.63, 3.8) is 0 Å². The number of aliphatic hydroxyl groups excluding tert-OH is 1. The molecule has 0 aliphatic rings. The number of hydrogen-bond donors (Lipinski definition) is 3. The van der Waals surface area contributed by atoms with E-state index >= 15 is 0 Å². The Bertz CT molecular complexity index is 557. The Labute approximate surface area is 110 Å². The van der Waals surface area contributed by atoms with E-state index in [-0.39, 0.29) is 11.5 Å². The summed E-state index contributed by atoms with van der Waals surface area (Å²) in [7, 11) is 0. The van der Waals surface area contributed by atoms with Crippen LogP contribution in [0, 0.1) is 0 Å². The largest absolute Gasteiger partial charge is 0.451 e. The van der Waals surface area contributed by atoms with Gasteiger partial charge in [-0.2, -0.15) is 0 Å². The molecule has 0 aliphatic heterocycles. The lowest BCUT2D eigenvalue weighted by atomic mass is 10.1. The molecule has 0 saturated heterocycles. The summed E-state index contributed by atoms with van der Waals surface area (Å²) in [6.45, 7) is 2.05. The van der Waals surface area contributed by atoms with E-state index in [1.165, 1.54) is 17.7 Å². The van der Waals surface area contributed by atoms with E-state index < -0.39 is 12.2 Å². The van der Waals surface area contributed by atoms with Gasteiger partial charge in [0, 0.05) is 5.69 Å². The maximum absolute atomic E-state index is 11.8. The van der Waals surface area contributed by atoms with Crippen molar-refractivity contribution >= 4 is 11.6 Å². The minimum absolute atomic E-state index is 0.0302. The zero-order valence-corrected chi connectivity index (χ0v) is 10.5. The molecule has 5 nitrogen and oxygen atoms in total. The second-order valence-electron chi connectivity index (χ2n) is 4.08. The van der Waals surface area contributed by atoms with Gasteiger partial charge in [-0.15, -0.1) is 0 Å². The van der Waals surface area contributed by atoms with Crippen LogP contribution < -0.4 is 5.32 Å². The highest BCUT2D eigenvalue weighted by Crippen LogP contribution is 2.16. The van der Waals surface area contributed by atoms with Crippen molar-refractivity contribution in [2.24, 2.45) is 0 Å². The van der Waals surface area contributed by atoms with Gasteiger partial charge in [0.15, 0.2) is 11.5 Å². The summed E-state index contributed by atoms with van der Waals surface area (Å²) in [5.41, 5.74) is 1.84. The third kappa shape index (κ3) is 3.21. The predicted octanol–water partition coefficient (Wildman–Crippen LogP) is 2.08. The summed E-state index contributed by atoms with van der Waals surface area (Å²) in [4.78, 5) is 11.8. The number of hydrogen-bond acceptors (Lipinski definition) is 4. The topological polar surface area (TPSA) is 82.7 Å². The third-order valence-corrected chi connectivity index (χ3v) is 2.73. The number of furan rings is 1. The van der Waals surface area contributed by atoms with Crippen LogP contribution in [0.3, 0.4) is 0 Å². The van der Waals surface area contributed by atoms with Crippen molar-refractivity contribution in [3.8, 4) is 0 Å². The van der Waals surface area contributed by atoms with E-state index in [1.54, 1.807) is 0 Å². The van der Waals surface area contributed by atoms with Crippen LogP contribution in [0.1, 0.15) is 35.1 Å². The number of carbonyl (C=O) groups is 1. The Morgan fingerprint density at radius 3 is 2.42 bits per heavy atom. The minimum atomic E-state index is -1.72. The fraction of sp³-hybridized carbons (Fsp3) is 0.214. The molecule has 0 spiro atoms. The van der Waals surface area contributed by atoms with Gasteiger partial charge in [-0.05, 0) is 36.2 Å². The maximum atomic E-state index is 11.8. The smallest absolute Gasteiger partial charge is 0.291 e. The molecule has 0 unspecified atom stereocenters. The van der Waals surface area contributed by atoms with E-state index in [0.29, 0.717) is 5.69 Å². The van der Waals surface area contributed by atoms with Crippen LogP contribution in [0.2, 0.25) is 0 Å². The number of amides is 1. The van der Waals surface area contributed by atoms with E-state index in [1.807, 2.05) is 24.3 Å². The van der Waals surface area contributed by atoms with Crippen LogP contribution in [0.25, 0.3) is 0 Å². The molecular formula is C14H15NO4.